The van der Waals surface area contributed by atoms with Crippen LogP contribution < -0.4 is 5.32 Å². The average molecular weight is 773 g/mol. The Hall–Kier alpha value is -6.15. The van der Waals surface area contributed by atoms with Crippen molar-refractivity contribution >= 4 is 29.4 Å². The fourth-order valence-electron chi connectivity index (χ4n) is 4.77. The molecule has 1 atom stereocenters. The van der Waals surface area contributed by atoms with E-state index in [2.05, 4.69) is 5.32 Å². The van der Waals surface area contributed by atoms with Crippen molar-refractivity contribution in [2.45, 2.75) is 86.9 Å². The number of Topliss-reactive ketones (excluding diaryl/α,β-unsaturated/α-hetero) is 2. The van der Waals surface area contributed by atoms with Crippen molar-refractivity contribution in [2.75, 3.05) is 6.54 Å². The van der Waals surface area contributed by atoms with E-state index in [-0.39, 0.29) is 35.3 Å². The lowest BCUT2D eigenvalue weighted by molar-refractivity contribution is -0.142. The first-order valence-corrected chi connectivity index (χ1v) is 19.2. The van der Waals surface area contributed by atoms with Crippen LogP contribution in [0.2, 0.25) is 0 Å². The van der Waals surface area contributed by atoms with E-state index in [9.17, 15) is 24.0 Å². The summed E-state index contributed by atoms with van der Waals surface area (Å²) in [6.07, 6.45) is 1.53. The highest BCUT2D eigenvalue weighted by Gasteiger charge is 2.08. The Labute approximate surface area is 340 Å². The number of hydrogen-bond acceptors (Lipinski definition) is 6. The minimum atomic E-state index is -0.242. The van der Waals surface area contributed by atoms with Crippen LogP contribution in [0, 0.1) is 0 Å². The van der Waals surface area contributed by atoms with Gasteiger partial charge in [0, 0.05) is 52.7 Å². The molecule has 5 aromatic carbocycles. The van der Waals surface area contributed by atoms with Crippen LogP contribution in [0.4, 0.5) is 0 Å². The summed E-state index contributed by atoms with van der Waals surface area (Å²) in [7, 11) is 0. The highest BCUT2D eigenvalue weighted by Crippen LogP contribution is 2.14. The Morgan fingerprint density at radius 3 is 1.39 bits per heavy atom. The van der Waals surface area contributed by atoms with Crippen LogP contribution >= 0.6 is 0 Å². The summed E-state index contributed by atoms with van der Waals surface area (Å²) in [6.45, 7) is 14.2. The SMILES string of the molecule is CC(=O)C(C)c1ccccc1.CC(=O)CCc1ccccc1.CC(=O)NCc1ccccc1.CC(=O)OCc1ccccc1.CCN(Cc1ccccc1)C(C)=O. The third kappa shape index (κ3) is 25.5. The number of aryl methyl sites for hydroxylation is 1. The van der Waals surface area contributed by atoms with Crippen molar-refractivity contribution in [2.24, 2.45) is 0 Å². The molecule has 0 aromatic heterocycles. The number of hydrogen-bond donors (Lipinski definition) is 1. The molecule has 0 spiro atoms. The number of nitrogens with one attached hydrogen (secondary N) is 1. The van der Waals surface area contributed by atoms with Crippen molar-refractivity contribution < 1.29 is 28.7 Å². The van der Waals surface area contributed by atoms with Gasteiger partial charge in [0.05, 0.1) is 0 Å². The van der Waals surface area contributed by atoms with Crippen LogP contribution in [0.25, 0.3) is 0 Å². The maximum Gasteiger partial charge on any atom is 0.302 e. The smallest absolute Gasteiger partial charge is 0.302 e. The minimum Gasteiger partial charge on any atom is -0.461 e. The van der Waals surface area contributed by atoms with Gasteiger partial charge in [-0.2, -0.15) is 0 Å². The molecular weight excluding hydrogens is 713 g/mol. The summed E-state index contributed by atoms with van der Waals surface area (Å²) in [6, 6.07) is 49.3. The summed E-state index contributed by atoms with van der Waals surface area (Å²) < 4.78 is 4.79. The Bertz CT molecular complexity index is 1710. The van der Waals surface area contributed by atoms with Crippen molar-refractivity contribution in [3.8, 4) is 0 Å². The molecule has 0 radical (unpaired) electrons. The maximum atomic E-state index is 11.1. The molecule has 0 saturated carbocycles. The van der Waals surface area contributed by atoms with Crippen LogP contribution in [0.1, 0.15) is 88.6 Å². The molecule has 0 aliphatic rings. The van der Waals surface area contributed by atoms with E-state index >= 15 is 0 Å². The number of ketones is 2. The zero-order chi connectivity index (χ0) is 42.3. The average Bonchev–Trinajstić information content (AvgIpc) is 3.23. The normalized spacial score (nSPS) is 10.0. The zero-order valence-corrected chi connectivity index (χ0v) is 34.7. The van der Waals surface area contributed by atoms with Crippen LogP contribution in [-0.2, 0) is 54.8 Å². The fraction of sp³-hybridized carbons (Fsp3) is 0.286. The van der Waals surface area contributed by atoms with Gasteiger partial charge in [-0.3, -0.25) is 19.2 Å². The van der Waals surface area contributed by atoms with E-state index in [1.807, 2.05) is 170 Å². The van der Waals surface area contributed by atoms with E-state index in [1.54, 1.807) is 20.8 Å². The second-order valence-corrected chi connectivity index (χ2v) is 13.1. The van der Waals surface area contributed by atoms with E-state index in [0.29, 0.717) is 26.1 Å². The Kier molecular flexibility index (Phi) is 25.8. The standard InChI is InChI=1S/C11H15NO.2C10H12O.C9H11NO.C9H10O2/c1-3-12(10(2)13)9-11-7-5-4-6-8-11;1-8(9(2)11)10-6-4-3-5-7-10;1-9(11)7-8-10-5-3-2-4-6-10;1-8(11)10-7-9-5-3-2-4-6-9;1-8(10)11-7-9-5-3-2-4-6-9/h4-8H,3,9H2,1-2H3;3-8H,1-2H3;2-6H,7-8H2,1H3;2-6H,7H2,1H3,(H,10,11);2-6H,7H2,1H3. The number of carbonyl (C=O) groups is 5. The van der Waals surface area contributed by atoms with Crippen molar-refractivity contribution in [1.82, 2.24) is 10.2 Å². The number of carbonyl (C=O) groups excluding carboxylic acids is 5. The second kappa shape index (κ2) is 30.1. The molecule has 8 heteroatoms. The molecule has 0 bridgehead atoms. The van der Waals surface area contributed by atoms with Gasteiger partial charge in [0.25, 0.3) is 0 Å². The highest BCUT2D eigenvalue weighted by molar-refractivity contribution is 5.82. The summed E-state index contributed by atoms with van der Waals surface area (Å²) in [4.78, 5) is 55.4. The Balaban J connectivity index is 0.000000357. The quantitative estimate of drug-likeness (QED) is 0.127. The van der Waals surface area contributed by atoms with E-state index < -0.39 is 0 Å². The van der Waals surface area contributed by atoms with E-state index in [1.165, 1.54) is 25.0 Å². The molecule has 0 fully saturated rings. The van der Waals surface area contributed by atoms with Gasteiger partial charge >= 0.3 is 5.97 Å². The number of rotatable bonds is 12. The molecule has 5 aromatic rings. The van der Waals surface area contributed by atoms with Gasteiger partial charge in [-0.25, -0.2) is 0 Å². The van der Waals surface area contributed by atoms with Crippen LogP contribution in [0.5, 0.6) is 0 Å². The molecule has 1 unspecified atom stereocenters. The topological polar surface area (TPSA) is 110 Å². The maximum absolute atomic E-state index is 11.1. The number of nitrogens with zero attached hydrogens (tertiary/aromatic N) is 1. The zero-order valence-electron chi connectivity index (χ0n) is 34.7. The van der Waals surface area contributed by atoms with Crippen LogP contribution in [0.15, 0.2) is 152 Å². The molecular formula is C49H60N2O6. The first-order chi connectivity index (χ1) is 27.3. The molecule has 57 heavy (non-hydrogen) atoms. The third-order valence-electron chi connectivity index (χ3n) is 8.23. The van der Waals surface area contributed by atoms with Gasteiger partial charge in [0.1, 0.15) is 18.2 Å². The number of ether oxygens (including phenoxy) is 1. The molecule has 0 aliphatic heterocycles. The van der Waals surface area contributed by atoms with Crippen molar-refractivity contribution in [3.05, 3.63) is 179 Å². The molecule has 5 rings (SSSR count). The van der Waals surface area contributed by atoms with Gasteiger partial charge in [0.15, 0.2) is 0 Å². The molecule has 2 amide bonds. The molecule has 8 nitrogen and oxygen atoms in total. The molecule has 0 aliphatic carbocycles. The number of amides is 2. The Morgan fingerprint density at radius 1 is 0.579 bits per heavy atom. The van der Waals surface area contributed by atoms with Crippen molar-refractivity contribution in [3.63, 3.8) is 0 Å². The first kappa shape index (κ1) is 48.9. The highest BCUT2D eigenvalue weighted by atomic mass is 16.5. The molecule has 0 heterocycles. The summed E-state index contributed by atoms with van der Waals surface area (Å²) >= 11 is 0. The lowest BCUT2D eigenvalue weighted by Crippen LogP contribution is -2.27. The lowest BCUT2D eigenvalue weighted by Gasteiger charge is -2.18. The first-order valence-electron chi connectivity index (χ1n) is 19.2. The fourth-order valence-corrected chi connectivity index (χ4v) is 4.77. The van der Waals surface area contributed by atoms with E-state index in [0.717, 1.165) is 29.7 Å². The number of esters is 1. The monoisotopic (exact) mass is 772 g/mol. The molecule has 1 N–H and O–H groups in total. The van der Waals surface area contributed by atoms with Gasteiger partial charge in [-0.15, -0.1) is 0 Å². The largest absolute Gasteiger partial charge is 0.461 e. The van der Waals surface area contributed by atoms with Gasteiger partial charge in [-0.1, -0.05) is 159 Å². The summed E-state index contributed by atoms with van der Waals surface area (Å²) in [5.41, 5.74) is 5.66. The Morgan fingerprint density at radius 2 is 1.00 bits per heavy atom. The predicted molar refractivity (Wildman–Crippen MR) is 230 cm³/mol. The van der Waals surface area contributed by atoms with Gasteiger partial charge in [-0.05, 0) is 55.0 Å². The lowest BCUT2D eigenvalue weighted by atomic mass is 9.98. The van der Waals surface area contributed by atoms with E-state index in [4.69, 9.17) is 4.74 Å². The summed E-state index contributed by atoms with van der Waals surface area (Å²) in [5.74, 6) is 0.412. The second-order valence-electron chi connectivity index (χ2n) is 13.1. The van der Waals surface area contributed by atoms with Crippen LogP contribution in [0.3, 0.4) is 0 Å². The van der Waals surface area contributed by atoms with Crippen LogP contribution in [-0.4, -0.2) is 40.8 Å². The molecule has 0 saturated heterocycles. The van der Waals surface area contributed by atoms with Gasteiger partial charge in [0.2, 0.25) is 11.8 Å². The number of benzene rings is 5. The third-order valence-corrected chi connectivity index (χ3v) is 8.23. The molecule has 302 valence electrons. The minimum absolute atomic E-state index is 0.00820. The summed E-state index contributed by atoms with van der Waals surface area (Å²) in [5, 5.41) is 2.72. The van der Waals surface area contributed by atoms with Crippen molar-refractivity contribution in [1.29, 1.82) is 0 Å². The predicted octanol–water partition coefficient (Wildman–Crippen LogP) is 9.71. The van der Waals surface area contributed by atoms with Gasteiger partial charge < -0.3 is 19.7 Å².